The fraction of sp³-hybridized carbons (Fsp3) is 0.450. The number of alkyl halides is 2. The van der Waals surface area contributed by atoms with Crippen LogP contribution in [0.4, 0.5) is 14.6 Å². The fourth-order valence-electron chi connectivity index (χ4n) is 3.89. The third-order valence-corrected chi connectivity index (χ3v) is 5.74. The number of hydrogen-bond acceptors (Lipinski definition) is 7. The highest BCUT2D eigenvalue weighted by Gasteiger charge is 2.26. The van der Waals surface area contributed by atoms with Crippen LogP contribution in [-0.2, 0) is 9.73 Å². The van der Waals surface area contributed by atoms with Crippen molar-refractivity contribution in [2.75, 3.05) is 30.5 Å². The lowest BCUT2D eigenvalue weighted by Gasteiger charge is -2.35. The van der Waals surface area contributed by atoms with Gasteiger partial charge in [0, 0.05) is 41.5 Å². The molecule has 0 unspecified atom stereocenters. The minimum absolute atomic E-state index is 0.0231. The third-order valence-electron chi connectivity index (χ3n) is 4.94. The van der Waals surface area contributed by atoms with Crippen molar-refractivity contribution in [3.05, 3.63) is 36.8 Å². The van der Waals surface area contributed by atoms with E-state index in [0.717, 1.165) is 18.8 Å². The summed E-state index contributed by atoms with van der Waals surface area (Å²) in [6.45, 7) is 0.651. The number of hydrogen-bond donors (Lipinski definition) is 0. The predicted molar refractivity (Wildman–Crippen MR) is 115 cm³/mol. The largest absolute Gasteiger partial charge is 0.433 e. The molecular weight excluding hydrogens is 426 g/mol. The zero-order valence-corrected chi connectivity index (χ0v) is 18.3. The second-order valence-corrected chi connectivity index (χ2v) is 10.6. The van der Waals surface area contributed by atoms with Gasteiger partial charge in [-0.3, -0.25) is 8.61 Å². The maximum absolute atomic E-state index is 12.6. The number of rotatable bonds is 5. The highest BCUT2D eigenvalue weighted by Crippen LogP contribution is 2.26. The van der Waals surface area contributed by atoms with Gasteiger partial charge in [0.2, 0.25) is 0 Å². The van der Waals surface area contributed by atoms with Crippen molar-refractivity contribution in [2.24, 2.45) is 10.3 Å². The molecule has 8 nitrogen and oxygen atoms in total. The number of anilines is 1. The molecule has 31 heavy (non-hydrogen) atoms. The first-order valence-corrected chi connectivity index (χ1v) is 12.2. The zero-order valence-electron chi connectivity index (χ0n) is 17.5. The minimum Gasteiger partial charge on any atom is -0.433 e. The summed E-state index contributed by atoms with van der Waals surface area (Å²) >= 11 is 0. The van der Waals surface area contributed by atoms with Crippen LogP contribution >= 0.6 is 0 Å². The molecule has 0 aromatic carbocycles. The third kappa shape index (κ3) is 5.09. The van der Waals surface area contributed by atoms with Gasteiger partial charge in [0.15, 0.2) is 5.82 Å². The maximum atomic E-state index is 12.6. The minimum atomic E-state index is -2.91. The lowest BCUT2D eigenvalue weighted by Crippen LogP contribution is -2.42. The summed E-state index contributed by atoms with van der Waals surface area (Å²) in [7, 11) is -2.19. The van der Waals surface area contributed by atoms with Crippen molar-refractivity contribution < 1.29 is 17.7 Å². The van der Waals surface area contributed by atoms with Gasteiger partial charge in [-0.1, -0.05) is 6.92 Å². The first-order valence-electron chi connectivity index (χ1n) is 9.84. The Hall–Kier alpha value is -2.82. The van der Waals surface area contributed by atoms with Crippen LogP contribution in [-0.4, -0.2) is 61.8 Å². The lowest BCUT2D eigenvalue weighted by atomic mass is 9.97. The van der Waals surface area contributed by atoms with Gasteiger partial charge in [-0.2, -0.15) is 8.78 Å². The number of imidazole rings is 1. The fourth-order valence-corrected chi connectivity index (χ4v) is 4.76. The quantitative estimate of drug-likeness (QED) is 0.593. The zero-order chi connectivity index (χ0) is 22.2. The average molecular weight is 451 g/mol. The van der Waals surface area contributed by atoms with Crippen LogP contribution in [0, 0.1) is 5.92 Å². The predicted octanol–water partition coefficient (Wildman–Crippen LogP) is 3.34. The molecule has 4 rings (SSSR count). The standard InChI is InChI=1S/C20H24F2N6O2S/c1-13-8-14(26-31(2,3)29)11-27(10-13)18-6-7-23-19(25-18)16-9-24-17-5-4-15(12-28(16)17)30-20(21)22/h4-7,9,12-14,20H,8,10-11H2,1-3H3/t13-,14+/m1/s1. The molecule has 0 bridgehead atoms. The van der Waals surface area contributed by atoms with E-state index in [2.05, 4.69) is 30.9 Å². The molecule has 3 aromatic rings. The second kappa shape index (κ2) is 8.37. The van der Waals surface area contributed by atoms with Crippen LogP contribution in [0.1, 0.15) is 13.3 Å². The second-order valence-electron chi connectivity index (χ2n) is 8.04. The molecule has 166 valence electrons. The van der Waals surface area contributed by atoms with E-state index < -0.39 is 16.3 Å². The number of piperidine rings is 1. The molecule has 0 N–H and O–H groups in total. The van der Waals surface area contributed by atoms with Gasteiger partial charge in [0.25, 0.3) is 0 Å². The molecule has 0 saturated carbocycles. The summed E-state index contributed by atoms with van der Waals surface area (Å²) in [5, 5.41) is 0. The van der Waals surface area contributed by atoms with Crippen LogP contribution in [0.3, 0.4) is 0 Å². The Bertz CT molecular complexity index is 1200. The summed E-state index contributed by atoms with van der Waals surface area (Å²) in [5.41, 5.74) is 1.13. The molecule has 1 fully saturated rings. The van der Waals surface area contributed by atoms with Gasteiger partial charge in [-0.05, 0) is 30.5 Å². The molecule has 0 radical (unpaired) electrons. The Balaban J connectivity index is 1.66. The molecule has 3 aromatic heterocycles. The normalized spacial score (nSPS) is 19.7. The molecule has 1 saturated heterocycles. The molecule has 0 aliphatic carbocycles. The van der Waals surface area contributed by atoms with Crippen molar-refractivity contribution in [2.45, 2.75) is 26.0 Å². The Morgan fingerprint density at radius 1 is 1.23 bits per heavy atom. The van der Waals surface area contributed by atoms with E-state index >= 15 is 0 Å². The van der Waals surface area contributed by atoms with E-state index in [-0.39, 0.29) is 11.8 Å². The number of aromatic nitrogens is 4. The first-order chi connectivity index (χ1) is 14.7. The molecule has 2 atom stereocenters. The van der Waals surface area contributed by atoms with E-state index in [1.807, 2.05) is 6.07 Å². The number of pyridine rings is 1. The number of fused-ring (bicyclic) bond motifs is 1. The van der Waals surface area contributed by atoms with E-state index in [4.69, 9.17) is 4.98 Å². The van der Waals surface area contributed by atoms with Crippen LogP contribution in [0.2, 0.25) is 0 Å². The Kier molecular flexibility index (Phi) is 5.78. The highest BCUT2D eigenvalue weighted by atomic mass is 32.2. The van der Waals surface area contributed by atoms with Crippen molar-refractivity contribution >= 4 is 21.2 Å². The molecule has 4 heterocycles. The summed E-state index contributed by atoms with van der Waals surface area (Å²) in [4.78, 5) is 15.5. The molecule has 0 amide bonds. The smallest absolute Gasteiger partial charge is 0.387 e. The van der Waals surface area contributed by atoms with E-state index in [9.17, 15) is 13.0 Å². The number of ether oxygens (including phenoxy) is 1. The van der Waals surface area contributed by atoms with Gasteiger partial charge < -0.3 is 9.64 Å². The van der Waals surface area contributed by atoms with Crippen molar-refractivity contribution in [1.29, 1.82) is 0 Å². The topological polar surface area (TPSA) is 85.0 Å². The SMILES string of the molecule is C[C@@H]1C[C@H](N=S(C)(C)=O)CN(c2ccnc(-c3cnc4ccc(OC(F)F)cn34)n2)C1. The number of halogens is 2. The summed E-state index contributed by atoms with van der Waals surface area (Å²) in [5.74, 6) is 1.54. The van der Waals surface area contributed by atoms with Crippen LogP contribution in [0.5, 0.6) is 5.75 Å². The Morgan fingerprint density at radius 3 is 2.77 bits per heavy atom. The number of nitrogens with zero attached hydrogens (tertiary/aromatic N) is 6. The molecular formula is C20H24F2N6O2S. The molecule has 0 spiro atoms. The monoisotopic (exact) mass is 450 g/mol. The van der Waals surface area contributed by atoms with Gasteiger partial charge in [-0.25, -0.2) is 19.3 Å². The van der Waals surface area contributed by atoms with Gasteiger partial charge in [-0.15, -0.1) is 0 Å². The maximum Gasteiger partial charge on any atom is 0.387 e. The van der Waals surface area contributed by atoms with Crippen molar-refractivity contribution in [1.82, 2.24) is 19.4 Å². The lowest BCUT2D eigenvalue weighted by molar-refractivity contribution is -0.0501. The van der Waals surface area contributed by atoms with Crippen LogP contribution < -0.4 is 9.64 Å². The Labute approximate surface area is 179 Å². The van der Waals surface area contributed by atoms with Gasteiger partial charge >= 0.3 is 6.61 Å². The molecule has 11 heteroatoms. The average Bonchev–Trinajstić information content (AvgIpc) is 3.09. The summed E-state index contributed by atoms with van der Waals surface area (Å²) < 4.78 is 48.0. The van der Waals surface area contributed by atoms with Gasteiger partial charge in [0.1, 0.15) is 22.9 Å². The summed E-state index contributed by atoms with van der Waals surface area (Å²) in [6.07, 6.45) is 8.88. The van der Waals surface area contributed by atoms with Crippen LogP contribution in [0.25, 0.3) is 17.2 Å². The Morgan fingerprint density at radius 2 is 2.03 bits per heavy atom. The highest BCUT2D eigenvalue weighted by molar-refractivity contribution is 7.92. The summed E-state index contributed by atoms with van der Waals surface area (Å²) in [6, 6.07) is 4.82. The van der Waals surface area contributed by atoms with Crippen LogP contribution in [0.15, 0.2) is 41.2 Å². The van der Waals surface area contributed by atoms with Crippen molar-refractivity contribution in [3.63, 3.8) is 0 Å². The molecule has 1 aliphatic heterocycles. The van der Waals surface area contributed by atoms with Crippen molar-refractivity contribution in [3.8, 4) is 17.3 Å². The molecule has 1 aliphatic rings. The first kappa shape index (κ1) is 21.4. The van der Waals surface area contributed by atoms with E-state index in [1.165, 1.54) is 12.3 Å². The van der Waals surface area contributed by atoms with E-state index in [1.54, 1.807) is 35.4 Å². The van der Waals surface area contributed by atoms with Gasteiger partial charge in [0.05, 0.1) is 18.4 Å². The van der Waals surface area contributed by atoms with E-state index in [0.29, 0.717) is 29.6 Å².